The summed E-state index contributed by atoms with van der Waals surface area (Å²) in [6.07, 6.45) is 10.3. The van der Waals surface area contributed by atoms with Gasteiger partial charge in [-0.15, -0.1) is 0 Å². The lowest BCUT2D eigenvalue weighted by molar-refractivity contribution is -0.135. The molecule has 2 aliphatic heterocycles. The number of aromatic hydroxyl groups is 1. The summed E-state index contributed by atoms with van der Waals surface area (Å²) in [5, 5.41) is 10.8. The molecule has 5 atom stereocenters. The van der Waals surface area contributed by atoms with Gasteiger partial charge in [-0.3, -0.25) is 9.69 Å². The van der Waals surface area contributed by atoms with Crippen molar-refractivity contribution in [3.8, 4) is 11.5 Å². The van der Waals surface area contributed by atoms with Crippen LogP contribution in [0.5, 0.6) is 11.5 Å². The molecule has 4 aliphatic rings. The number of likely N-dealkylation sites (N-methyl/N-ethyl adjacent to an activating group) is 1. The number of rotatable bonds is 5. The van der Waals surface area contributed by atoms with Crippen molar-refractivity contribution in [2.24, 2.45) is 5.92 Å². The van der Waals surface area contributed by atoms with Crippen LogP contribution in [0.2, 0.25) is 0 Å². The van der Waals surface area contributed by atoms with Gasteiger partial charge < -0.3 is 19.2 Å². The van der Waals surface area contributed by atoms with Crippen molar-refractivity contribution in [2.75, 3.05) is 20.1 Å². The van der Waals surface area contributed by atoms with Gasteiger partial charge in [-0.2, -0.15) is 0 Å². The standard InChI is InChI=1S/C28H32N2O4/c1-17(2)15-30-12-11-28-20-6-7-21(29(3)24(32)9-4-18-10-13-33-16-18)27(28)34-26-23(31)8-5-19(25(26)28)14-22(20)30/h4-5,8-10,13,16,20-22,27,31H,1,6-7,11-12,14-15H2,2-3H3/t20-,21-,22+,27-,28-/m0/s1. The zero-order chi connectivity index (χ0) is 23.6. The number of ether oxygens (including phenoxy) is 1. The van der Waals surface area contributed by atoms with Crippen LogP contribution in [0.4, 0.5) is 0 Å². The Labute approximate surface area is 200 Å². The first-order chi connectivity index (χ1) is 16.4. The van der Waals surface area contributed by atoms with Gasteiger partial charge in [-0.1, -0.05) is 18.2 Å². The quantitative estimate of drug-likeness (QED) is 0.537. The van der Waals surface area contributed by atoms with Gasteiger partial charge in [-0.25, -0.2) is 0 Å². The Hall–Kier alpha value is -2.99. The summed E-state index contributed by atoms with van der Waals surface area (Å²) in [5.41, 5.74) is 4.40. The van der Waals surface area contributed by atoms with E-state index in [0.29, 0.717) is 17.7 Å². The molecule has 1 amide bonds. The number of likely N-dealkylation sites (tertiary alicyclic amines) is 1. The molecule has 3 heterocycles. The van der Waals surface area contributed by atoms with Crippen molar-refractivity contribution < 1.29 is 19.1 Å². The molecule has 0 unspecified atom stereocenters. The fourth-order valence-corrected chi connectivity index (χ4v) is 7.36. The molecule has 2 bridgehead atoms. The number of benzene rings is 1. The Balaban J connectivity index is 1.37. The maximum atomic E-state index is 13.2. The fraction of sp³-hybridized carbons (Fsp3) is 0.464. The van der Waals surface area contributed by atoms with Gasteiger partial charge in [0.15, 0.2) is 11.5 Å². The molecule has 34 heavy (non-hydrogen) atoms. The first-order valence-corrected chi connectivity index (χ1v) is 12.3. The van der Waals surface area contributed by atoms with E-state index in [0.717, 1.165) is 44.3 Å². The fourth-order valence-electron chi connectivity index (χ4n) is 7.36. The molecule has 0 radical (unpaired) electrons. The lowest BCUT2D eigenvalue weighted by Crippen LogP contribution is -2.69. The molecule has 1 spiro atoms. The van der Waals surface area contributed by atoms with E-state index in [-0.39, 0.29) is 29.2 Å². The van der Waals surface area contributed by atoms with Crippen molar-refractivity contribution in [1.29, 1.82) is 0 Å². The smallest absolute Gasteiger partial charge is 0.246 e. The number of phenols is 1. The molecule has 6 heteroatoms. The Morgan fingerprint density at radius 3 is 2.97 bits per heavy atom. The highest BCUT2D eigenvalue weighted by Gasteiger charge is 2.66. The molecular formula is C28H32N2O4. The predicted molar refractivity (Wildman–Crippen MR) is 130 cm³/mol. The Morgan fingerprint density at radius 1 is 1.35 bits per heavy atom. The van der Waals surface area contributed by atoms with Gasteiger partial charge in [-0.05, 0) is 68.8 Å². The van der Waals surface area contributed by atoms with Crippen LogP contribution in [-0.2, 0) is 16.6 Å². The summed E-state index contributed by atoms with van der Waals surface area (Å²) in [4.78, 5) is 17.6. The third-order valence-electron chi connectivity index (χ3n) is 8.68. The minimum absolute atomic E-state index is 0.0443. The molecule has 1 aromatic heterocycles. The minimum atomic E-state index is -0.163. The van der Waals surface area contributed by atoms with Crippen LogP contribution in [0.25, 0.3) is 6.08 Å². The van der Waals surface area contributed by atoms with Gasteiger partial charge in [0.2, 0.25) is 5.91 Å². The largest absolute Gasteiger partial charge is 0.504 e. The van der Waals surface area contributed by atoms with Gasteiger partial charge in [0.05, 0.1) is 18.6 Å². The number of piperidine rings is 1. The van der Waals surface area contributed by atoms with E-state index in [1.807, 2.05) is 18.0 Å². The molecule has 1 N–H and O–H groups in total. The Morgan fingerprint density at radius 2 is 2.21 bits per heavy atom. The van der Waals surface area contributed by atoms with Crippen LogP contribution in [0, 0.1) is 5.92 Å². The average Bonchev–Trinajstić information content (AvgIpc) is 3.45. The van der Waals surface area contributed by atoms with Gasteiger partial charge in [0.1, 0.15) is 6.10 Å². The molecule has 2 fully saturated rings. The zero-order valence-electron chi connectivity index (χ0n) is 19.9. The molecule has 2 aliphatic carbocycles. The summed E-state index contributed by atoms with van der Waals surface area (Å²) in [6, 6.07) is 6.07. The number of carbonyl (C=O) groups is 1. The summed E-state index contributed by atoms with van der Waals surface area (Å²) in [7, 11) is 1.88. The normalized spacial score (nSPS) is 31.2. The summed E-state index contributed by atoms with van der Waals surface area (Å²) < 4.78 is 11.7. The first-order valence-electron chi connectivity index (χ1n) is 12.3. The number of hydrogen-bond acceptors (Lipinski definition) is 5. The second-order valence-corrected chi connectivity index (χ2v) is 10.6. The highest BCUT2D eigenvalue weighted by atomic mass is 16.5. The molecule has 1 saturated heterocycles. The van der Waals surface area contributed by atoms with Crippen molar-refractivity contribution in [3.63, 3.8) is 0 Å². The van der Waals surface area contributed by atoms with E-state index in [1.165, 1.54) is 16.7 Å². The van der Waals surface area contributed by atoms with Crippen molar-refractivity contribution >= 4 is 12.0 Å². The molecular weight excluding hydrogens is 428 g/mol. The number of nitrogens with zero attached hydrogens (tertiary/aromatic N) is 2. The van der Waals surface area contributed by atoms with E-state index in [2.05, 4.69) is 24.5 Å². The lowest BCUT2D eigenvalue weighted by Gasteiger charge is -2.60. The predicted octanol–water partition coefficient (Wildman–Crippen LogP) is 4.14. The third-order valence-corrected chi connectivity index (χ3v) is 8.68. The van der Waals surface area contributed by atoms with Crippen LogP contribution in [0.3, 0.4) is 0 Å². The monoisotopic (exact) mass is 460 g/mol. The number of hydrogen-bond donors (Lipinski definition) is 1. The van der Waals surface area contributed by atoms with Crippen LogP contribution in [0.15, 0.2) is 53.4 Å². The number of furan rings is 1. The number of phenolic OH excluding ortho intramolecular Hbond substituents is 1. The van der Waals surface area contributed by atoms with E-state index in [4.69, 9.17) is 9.15 Å². The van der Waals surface area contributed by atoms with Crippen LogP contribution in [-0.4, -0.2) is 59.1 Å². The molecule has 6 nitrogen and oxygen atoms in total. The second kappa shape index (κ2) is 7.77. The number of amides is 1. The Bertz CT molecular complexity index is 1170. The van der Waals surface area contributed by atoms with Gasteiger partial charge in [0, 0.05) is 42.3 Å². The first kappa shape index (κ1) is 21.5. The van der Waals surface area contributed by atoms with E-state index >= 15 is 0 Å². The Kier molecular flexibility index (Phi) is 4.92. The summed E-state index contributed by atoms with van der Waals surface area (Å²) >= 11 is 0. The molecule has 1 saturated carbocycles. The van der Waals surface area contributed by atoms with E-state index in [1.54, 1.807) is 30.7 Å². The lowest BCUT2D eigenvalue weighted by atomic mass is 9.51. The average molecular weight is 461 g/mol. The molecule has 178 valence electrons. The van der Waals surface area contributed by atoms with Crippen molar-refractivity contribution in [1.82, 2.24) is 9.80 Å². The van der Waals surface area contributed by atoms with Gasteiger partial charge >= 0.3 is 0 Å². The molecule has 2 aromatic rings. The maximum absolute atomic E-state index is 13.2. The number of carbonyl (C=O) groups excluding carboxylic acids is 1. The van der Waals surface area contributed by atoms with Crippen molar-refractivity contribution in [2.45, 2.75) is 56.2 Å². The van der Waals surface area contributed by atoms with Crippen LogP contribution >= 0.6 is 0 Å². The zero-order valence-corrected chi connectivity index (χ0v) is 19.9. The van der Waals surface area contributed by atoms with Gasteiger partial charge in [0.25, 0.3) is 0 Å². The van der Waals surface area contributed by atoms with Crippen LogP contribution < -0.4 is 4.74 Å². The second-order valence-electron chi connectivity index (χ2n) is 10.6. The van der Waals surface area contributed by atoms with E-state index < -0.39 is 0 Å². The SMILES string of the molecule is C=C(C)CN1CC[C@]23c4c5ccc(O)c4O[C@H]2[C@@H](N(C)C(=O)C=Cc2ccoc2)CC[C@H]3[C@H]1C5. The maximum Gasteiger partial charge on any atom is 0.246 e. The minimum Gasteiger partial charge on any atom is -0.504 e. The van der Waals surface area contributed by atoms with Crippen LogP contribution in [0.1, 0.15) is 42.9 Å². The topological polar surface area (TPSA) is 66.2 Å². The summed E-state index contributed by atoms with van der Waals surface area (Å²) in [5.74, 6) is 1.28. The van der Waals surface area contributed by atoms with Crippen molar-refractivity contribution in [3.05, 3.63) is 65.6 Å². The summed E-state index contributed by atoms with van der Waals surface area (Å²) in [6.45, 7) is 8.18. The molecule has 6 rings (SSSR count). The molecule has 1 aromatic carbocycles. The highest BCUT2D eigenvalue weighted by Crippen LogP contribution is 2.64. The highest BCUT2D eigenvalue weighted by molar-refractivity contribution is 5.91. The van der Waals surface area contributed by atoms with E-state index in [9.17, 15) is 9.90 Å². The third kappa shape index (κ3) is 3.01.